The Bertz CT molecular complexity index is 868. The highest BCUT2D eigenvalue weighted by Crippen LogP contribution is 2.19. The van der Waals surface area contributed by atoms with E-state index in [1.54, 1.807) is 0 Å². The fourth-order valence-corrected chi connectivity index (χ4v) is 3.26. The molecule has 1 aromatic carbocycles. The van der Waals surface area contributed by atoms with Crippen molar-refractivity contribution in [1.82, 2.24) is 25.1 Å². The molecule has 0 saturated heterocycles. The molecule has 0 spiro atoms. The van der Waals surface area contributed by atoms with Crippen molar-refractivity contribution >= 4 is 16.9 Å². The lowest BCUT2D eigenvalue weighted by Crippen LogP contribution is -2.35. The summed E-state index contributed by atoms with van der Waals surface area (Å²) >= 11 is 0. The van der Waals surface area contributed by atoms with Crippen molar-refractivity contribution < 1.29 is 4.79 Å². The number of imidazole rings is 1. The zero-order chi connectivity index (χ0) is 16.7. The van der Waals surface area contributed by atoms with Crippen LogP contribution in [-0.4, -0.2) is 37.5 Å². The SMILES string of the molecule is Cc1cc2nc(CCC(=O)N3CCc4[nH]ncc4C3)[nH]c2cc1C. The van der Waals surface area contributed by atoms with Crippen molar-refractivity contribution in [3.8, 4) is 0 Å². The third kappa shape index (κ3) is 2.68. The number of carbonyl (C=O) groups excluding carboxylic acids is 1. The van der Waals surface area contributed by atoms with Crippen LogP contribution in [0.2, 0.25) is 0 Å². The minimum Gasteiger partial charge on any atom is -0.342 e. The number of amides is 1. The molecule has 4 rings (SSSR count). The summed E-state index contributed by atoms with van der Waals surface area (Å²) in [5.41, 5.74) is 6.79. The molecule has 2 aromatic heterocycles. The monoisotopic (exact) mass is 323 g/mol. The Labute approximate surface area is 140 Å². The molecule has 0 saturated carbocycles. The van der Waals surface area contributed by atoms with Gasteiger partial charge in [-0.25, -0.2) is 4.98 Å². The van der Waals surface area contributed by atoms with Gasteiger partial charge in [-0.2, -0.15) is 5.10 Å². The van der Waals surface area contributed by atoms with Crippen LogP contribution < -0.4 is 0 Å². The fraction of sp³-hybridized carbons (Fsp3) is 0.389. The maximum Gasteiger partial charge on any atom is 0.223 e. The summed E-state index contributed by atoms with van der Waals surface area (Å²) in [6.45, 7) is 5.60. The van der Waals surface area contributed by atoms with Gasteiger partial charge in [-0.15, -0.1) is 0 Å². The van der Waals surface area contributed by atoms with Crippen LogP contribution in [0.25, 0.3) is 11.0 Å². The highest BCUT2D eigenvalue weighted by Gasteiger charge is 2.21. The van der Waals surface area contributed by atoms with Crippen LogP contribution in [-0.2, 0) is 24.2 Å². The number of aromatic nitrogens is 4. The molecule has 1 amide bonds. The van der Waals surface area contributed by atoms with E-state index in [1.807, 2.05) is 11.1 Å². The van der Waals surface area contributed by atoms with Crippen LogP contribution in [0.3, 0.4) is 0 Å². The Morgan fingerprint density at radius 3 is 3.00 bits per heavy atom. The third-order valence-corrected chi connectivity index (χ3v) is 4.88. The van der Waals surface area contributed by atoms with Gasteiger partial charge in [0.15, 0.2) is 0 Å². The van der Waals surface area contributed by atoms with Crippen molar-refractivity contribution in [3.05, 3.63) is 46.5 Å². The summed E-state index contributed by atoms with van der Waals surface area (Å²) in [4.78, 5) is 22.3. The van der Waals surface area contributed by atoms with Crippen LogP contribution in [0, 0.1) is 13.8 Å². The lowest BCUT2D eigenvalue weighted by atomic mass is 10.1. The molecule has 1 aliphatic rings. The number of nitrogens with zero attached hydrogens (tertiary/aromatic N) is 3. The Balaban J connectivity index is 1.42. The van der Waals surface area contributed by atoms with Gasteiger partial charge in [0.25, 0.3) is 0 Å². The van der Waals surface area contributed by atoms with Crippen molar-refractivity contribution in [2.45, 2.75) is 39.7 Å². The number of rotatable bonds is 3. The topological polar surface area (TPSA) is 77.7 Å². The van der Waals surface area contributed by atoms with Gasteiger partial charge in [0.05, 0.1) is 17.2 Å². The summed E-state index contributed by atoms with van der Waals surface area (Å²) in [7, 11) is 0. The van der Waals surface area contributed by atoms with E-state index in [4.69, 9.17) is 0 Å². The molecule has 3 heterocycles. The highest BCUT2D eigenvalue weighted by atomic mass is 16.2. The molecule has 6 heteroatoms. The highest BCUT2D eigenvalue weighted by molar-refractivity contribution is 5.78. The summed E-state index contributed by atoms with van der Waals surface area (Å²) in [6.07, 6.45) is 3.79. The van der Waals surface area contributed by atoms with Gasteiger partial charge >= 0.3 is 0 Å². The van der Waals surface area contributed by atoms with Gasteiger partial charge in [0.2, 0.25) is 5.91 Å². The second-order valence-corrected chi connectivity index (χ2v) is 6.58. The van der Waals surface area contributed by atoms with E-state index in [9.17, 15) is 4.79 Å². The maximum atomic E-state index is 12.5. The summed E-state index contributed by atoms with van der Waals surface area (Å²) in [5.74, 6) is 1.05. The van der Waals surface area contributed by atoms with E-state index in [2.05, 4.69) is 46.1 Å². The lowest BCUT2D eigenvalue weighted by Gasteiger charge is -2.26. The normalized spacial score (nSPS) is 14.2. The molecule has 3 aromatic rings. The van der Waals surface area contributed by atoms with Crippen molar-refractivity contribution in [1.29, 1.82) is 0 Å². The Morgan fingerprint density at radius 1 is 1.29 bits per heavy atom. The molecule has 0 radical (unpaired) electrons. The van der Waals surface area contributed by atoms with E-state index >= 15 is 0 Å². The number of aryl methyl sites for hydroxylation is 3. The fourth-order valence-electron chi connectivity index (χ4n) is 3.26. The van der Waals surface area contributed by atoms with Crippen molar-refractivity contribution in [3.63, 3.8) is 0 Å². The van der Waals surface area contributed by atoms with Crippen LogP contribution in [0.1, 0.15) is 34.6 Å². The predicted molar refractivity (Wildman–Crippen MR) is 91.6 cm³/mol. The van der Waals surface area contributed by atoms with Gasteiger partial charge in [0.1, 0.15) is 5.82 Å². The second-order valence-electron chi connectivity index (χ2n) is 6.58. The van der Waals surface area contributed by atoms with Crippen molar-refractivity contribution in [2.24, 2.45) is 0 Å². The number of hydrogen-bond acceptors (Lipinski definition) is 3. The Morgan fingerprint density at radius 2 is 2.12 bits per heavy atom. The van der Waals surface area contributed by atoms with Crippen LogP contribution in [0.4, 0.5) is 0 Å². The van der Waals surface area contributed by atoms with Crippen molar-refractivity contribution in [2.75, 3.05) is 6.54 Å². The minimum absolute atomic E-state index is 0.176. The molecule has 6 nitrogen and oxygen atoms in total. The molecule has 2 N–H and O–H groups in total. The van der Waals surface area contributed by atoms with E-state index < -0.39 is 0 Å². The predicted octanol–water partition coefficient (Wildman–Crippen LogP) is 2.42. The quantitative estimate of drug-likeness (QED) is 0.777. The summed E-state index contributed by atoms with van der Waals surface area (Å²) < 4.78 is 0. The molecule has 0 aliphatic carbocycles. The molecular formula is C18H21N5O. The lowest BCUT2D eigenvalue weighted by molar-refractivity contribution is -0.132. The van der Waals surface area contributed by atoms with E-state index in [-0.39, 0.29) is 5.91 Å². The van der Waals surface area contributed by atoms with Gasteiger partial charge in [-0.1, -0.05) is 0 Å². The average molecular weight is 323 g/mol. The number of aromatic amines is 2. The number of hydrogen-bond donors (Lipinski definition) is 2. The molecule has 0 fully saturated rings. The first-order valence-corrected chi connectivity index (χ1v) is 8.35. The first-order valence-electron chi connectivity index (χ1n) is 8.35. The standard InChI is InChI=1S/C18H21N5O/c1-11-7-15-16(8-12(11)2)21-17(20-15)3-4-18(24)23-6-5-14-13(10-23)9-19-22-14/h7-9H,3-6,10H2,1-2H3,(H,19,22)(H,20,21). The Hall–Kier alpha value is -2.63. The number of fused-ring (bicyclic) bond motifs is 2. The Kier molecular flexibility index (Phi) is 3.59. The van der Waals surface area contributed by atoms with E-state index in [1.165, 1.54) is 11.1 Å². The zero-order valence-electron chi connectivity index (χ0n) is 14.0. The molecule has 124 valence electrons. The van der Waals surface area contributed by atoms with Gasteiger partial charge in [0, 0.05) is 43.6 Å². The summed E-state index contributed by atoms with van der Waals surface area (Å²) in [6, 6.07) is 4.21. The first kappa shape index (κ1) is 14.9. The van der Waals surface area contributed by atoms with E-state index in [0.29, 0.717) is 19.4 Å². The third-order valence-electron chi connectivity index (χ3n) is 4.88. The van der Waals surface area contributed by atoms with Crippen LogP contribution in [0.5, 0.6) is 0 Å². The molecule has 1 aliphatic heterocycles. The van der Waals surface area contributed by atoms with Gasteiger partial charge < -0.3 is 9.88 Å². The molecular weight excluding hydrogens is 302 g/mol. The van der Waals surface area contributed by atoms with Gasteiger partial charge in [-0.3, -0.25) is 9.89 Å². The van der Waals surface area contributed by atoms with Crippen LogP contribution >= 0.6 is 0 Å². The molecule has 0 bridgehead atoms. The summed E-state index contributed by atoms with van der Waals surface area (Å²) in [5, 5.41) is 7.05. The number of H-pyrrole nitrogens is 2. The molecule has 24 heavy (non-hydrogen) atoms. The first-order chi connectivity index (χ1) is 11.6. The maximum absolute atomic E-state index is 12.5. The minimum atomic E-state index is 0.176. The largest absolute Gasteiger partial charge is 0.342 e. The van der Waals surface area contributed by atoms with E-state index in [0.717, 1.165) is 41.1 Å². The van der Waals surface area contributed by atoms with Crippen LogP contribution in [0.15, 0.2) is 18.3 Å². The molecule has 0 atom stereocenters. The number of carbonyl (C=O) groups is 1. The number of nitrogens with one attached hydrogen (secondary N) is 2. The average Bonchev–Trinajstić information content (AvgIpc) is 3.18. The second kappa shape index (κ2) is 5.78. The molecule has 0 unspecified atom stereocenters. The zero-order valence-corrected chi connectivity index (χ0v) is 14.0. The van der Waals surface area contributed by atoms with Gasteiger partial charge in [-0.05, 0) is 37.1 Å². The smallest absolute Gasteiger partial charge is 0.223 e. The number of benzene rings is 1.